The van der Waals surface area contributed by atoms with Crippen LogP contribution >= 0.6 is 0 Å². The average molecular weight is 385 g/mol. The summed E-state index contributed by atoms with van der Waals surface area (Å²) in [6.45, 7) is 25.0. The molecule has 6 fully saturated rings. The molecule has 6 heterocycles. The molecule has 0 saturated carbocycles. The van der Waals surface area contributed by atoms with Crippen LogP contribution in [0.2, 0.25) is 0 Å². The molecule has 0 N–H and O–H groups in total. The fraction of sp³-hybridized carbons (Fsp3) is 0.667. The van der Waals surface area contributed by atoms with Gasteiger partial charge in [0, 0.05) is 5.56 Å². The molecule has 1 aromatic rings. The van der Waals surface area contributed by atoms with Crippen molar-refractivity contribution in [1.29, 1.82) is 0 Å². The number of rotatable bonds is 6. The van der Waals surface area contributed by atoms with E-state index in [0.29, 0.717) is 0 Å². The van der Waals surface area contributed by atoms with Crippen molar-refractivity contribution in [3.63, 3.8) is 0 Å². The van der Waals surface area contributed by atoms with Crippen LogP contribution in [-0.4, -0.2) is 117 Å². The van der Waals surface area contributed by atoms with E-state index in [4.69, 9.17) is 0 Å². The van der Waals surface area contributed by atoms with Crippen molar-refractivity contribution in [1.82, 2.24) is 0 Å². The highest BCUT2D eigenvalue weighted by Crippen LogP contribution is 2.31. The Balaban J connectivity index is 1.18. The fourth-order valence-corrected chi connectivity index (χ4v) is 6.45. The lowest BCUT2D eigenvalue weighted by molar-refractivity contribution is -1.11. The maximum absolute atomic E-state index is 3.88. The Morgan fingerprint density at radius 1 is 0.679 bits per heavy atom. The summed E-state index contributed by atoms with van der Waals surface area (Å²) in [6.07, 6.45) is 1.94. The molecule has 0 unspecified atom stereocenters. The second-order valence-corrected chi connectivity index (χ2v) is 10.9. The normalized spacial score (nSPS) is 41.9. The van der Waals surface area contributed by atoms with Crippen LogP contribution in [0.5, 0.6) is 0 Å². The molecule has 0 radical (unpaired) electrons. The van der Waals surface area contributed by atoms with Crippen LogP contribution < -0.4 is 0 Å². The second-order valence-electron chi connectivity index (χ2n) is 10.9. The SMILES string of the molecule is C=Cc1ccc(C[N+]23CC[N+](CC[N+]45CC[N+](C)(CC4)CC5)(CC2)CC3)cc1. The Morgan fingerprint density at radius 2 is 1.11 bits per heavy atom. The fourth-order valence-electron chi connectivity index (χ4n) is 6.45. The number of hydrogen-bond acceptors (Lipinski definition) is 0. The first-order valence-corrected chi connectivity index (χ1v) is 11.6. The summed E-state index contributed by atoms with van der Waals surface area (Å²) >= 11 is 0. The van der Waals surface area contributed by atoms with Crippen molar-refractivity contribution in [3.8, 4) is 0 Å². The van der Waals surface area contributed by atoms with E-state index in [-0.39, 0.29) is 0 Å². The van der Waals surface area contributed by atoms with Gasteiger partial charge >= 0.3 is 0 Å². The van der Waals surface area contributed by atoms with E-state index in [0.717, 1.165) is 0 Å². The van der Waals surface area contributed by atoms with Gasteiger partial charge in [0.15, 0.2) is 0 Å². The third-order valence-corrected chi connectivity index (χ3v) is 9.27. The number of nitrogens with zero attached hydrogens (tertiary/aromatic N) is 4. The summed E-state index contributed by atoms with van der Waals surface area (Å²) in [6, 6.07) is 9.10. The Labute approximate surface area is 171 Å². The van der Waals surface area contributed by atoms with Gasteiger partial charge in [0.2, 0.25) is 0 Å². The van der Waals surface area contributed by atoms with Gasteiger partial charge in [-0.15, -0.1) is 0 Å². The summed E-state index contributed by atoms with van der Waals surface area (Å²) in [7, 11) is 2.48. The second kappa shape index (κ2) is 6.66. The molecule has 6 aliphatic heterocycles. The van der Waals surface area contributed by atoms with E-state index >= 15 is 0 Å². The van der Waals surface area contributed by atoms with Gasteiger partial charge in [-0.2, -0.15) is 0 Å². The van der Waals surface area contributed by atoms with E-state index in [1.165, 1.54) is 127 Å². The molecule has 152 valence electrons. The Bertz CT molecular complexity index is 688. The standard InChI is InChI=1S/C24H40N4/c1-3-23-4-6-24(7-5-23)22-28-19-16-27(17-20-28,18-21-28)15-14-26-11-8-25(2,9-12-26)10-13-26/h3-7H,1,8-22H2,2H3/q+4. The maximum atomic E-state index is 3.88. The zero-order valence-corrected chi connectivity index (χ0v) is 18.0. The molecular formula is C24H40N4+4. The van der Waals surface area contributed by atoms with Crippen molar-refractivity contribution in [2.45, 2.75) is 6.54 Å². The summed E-state index contributed by atoms with van der Waals surface area (Å²) < 4.78 is 5.57. The van der Waals surface area contributed by atoms with Gasteiger partial charge in [0.25, 0.3) is 0 Å². The van der Waals surface area contributed by atoms with Gasteiger partial charge in [0.1, 0.15) is 98.2 Å². The molecule has 6 saturated heterocycles. The molecule has 6 aliphatic rings. The lowest BCUT2D eigenvalue weighted by Gasteiger charge is -2.58. The van der Waals surface area contributed by atoms with Gasteiger partial charge in [-0.3, -0.25) is 0 Å². The Kier molecular flexibility index (Phi) is 4.48. The van der Waals surface area contributed by atoms with Gasteiger partial charge in [0.05, 0.1) is 7.05 Å². The summed E-state index contributed by atoms with van der Waals surface area (Å²) in [5.74, 6) is 0. The zero-order chi connectivity index (χ0) is 19.3. The lowest BCUT2D eigenvalue weighted by Crippen LogP contribution is -2.78. The molecule has 4 nitrogen and oxygen atoms in total. The number of hydrogen-bond donors (Lipinski definition) is 0. The number of quaternary nitrogens is 4. The van der Waals surface area contributed by atoms with E-state index in [9.17, 15) is 0 Å². The topological polar surface area (TPSA) is 0 Å². The molecule has 0 spiro atoms. The van der Waals surface area contributed by atoms with Gasteiger partial charge < -0.3 is 17.9 Å². The van der Waals surface area contributed by atoms with Gasteiger partial charge in [-0.25, -0.2) is 0 Å². The minimum absolute atomic E-state index is 1.23. The van der Waals surface area contributed by atoms with Crippen molar-refractivity contribution in [3.05, 3.63) is 42.0 Å². The Morgan fingerprint density at radius 3 is 1.57 bits per heavy atom. The Hall–Kier alpha value is -1.20. The van der Waals surface area contributed by atoms with Crippen molar-refractivity contribution in [2.24, 2.45) is 0 Å². The van der Waals surface area contributed by atoms with Crippen molar-refractivity contribution >= 4 is 6.08 Å². The summed E-state index contributed by atoms with van der Waals surface area (Å²) in [4.78, 5) is 0. The zero-order valence-electron chi connectivity index (χ0n) is 18.0. The molecule has 28 heavy (non-hydrogen) atoms. The number of fused-ring (bicyclic) bond motifs is 6. The first-order valence-electron chi connectivity index (χ1n) is 11.6. The molecule has 1 aromatic carbocycles. The molecule has 0 aliphatic carbocycles. The first-order chi connectivity index (χ1) is 13.5. The third kappa shape index (κ3) is 3.35. The minimum Gasteiger partial charge on any atom is -0.312 e. The lowest BCUT2D eigenvalue weighted by atomic mass is 10.0. The largest absolute Gasteiger partial charge is 0.312 e. The predicted molar refractivity (Wildman–Crippen MR) is 115 cm³/mol. The van der Waals surface area contributed by atoms with Crippen LogP contribution in [-0.2, 0) is 6.54 Å². The third-order valence-electron chi connectivity index (χ3n) is 9.27. The van der Waals surface area contributed by atoms with Crippen LogP contribution in [0.15, 0.2) is 30.8 Å². The molecule has 4 bridgehead atoms. The van der Waals surface area contributed by atoms with E-state index < -0.39 is 0 Å². The maximum Gasteiger partial charge on any atom is 0.129 e. The number of likely N-dealkylation sites (N-methyl/N-ethyl adjacent to an activating group) is 1. The van der Waals surface area contributed by atoms with Crippen molar-refractivity contribution in [2.75, 3.05) is 98.7 Å². The highest BCUT2D eigenvalue weighted by Gasteiger charge is 2.52. The molecule has 0 amide bonds. The predicted octanol–water partition coefficient (Wildman–Crippen LogP) is 1.78. The van der Waals surface area contributed by atoms with Crippen LogP contribution in [0.4, 0.5) is 0 Å². The van der Waals surface area contributed by atoms with Crippen LogP contribution in [0.3, 0.4) is 0 Å². The van der Waals surface area contributed by atoms with Crippen molar-refractivity contribution < 1.29 is 17.9 Å². The van der Waals surface area contributed by atoms with Crippen LogP contribution in [0, 0.1) is 0 Å². The summed E-state index contributed by atoms with van der Waals surface area (Å²) in [5, 5.41) is 0. The molecule has 0 atom stereocenters. The molecule has 7 rings (SSSR count). The molecular weight excluding hydrogens is 344 g/mol. The highest BCUT2D eigenvalue weighted by molar-refractivity contribution is 5.47. The molecule has 4 heteroatoms. The first kappa shape index (κ1) is 18.8. The van der Waals surface area contributed by atoms with Gasteiger partial charge in [-0.1, -0.05) is 36.9 Å². The number of piperazine rings is 6. The monoisotopic (exact) mass is 384 g/mol. The minimum atomic E-state index is 1.23. The van der Waals surface area contributed by atoms with Crippen LogP contribution in [0.1, 0.15) is 11.1 Å². The van der Waals surface area contributed by atoms with E-state index in [1.54, 1.807) is 0 Å². The highest BCUT2D eigenvalue weighted by atomic mass is 15.6. The smallest absolute Gasteiger partial charge is 0.129 e. The quantitative estimate of drug-likeness (QED) is 0.656. The average Bonchev–Trinajstić information content (AvgIpc) is 2.75. The van der Waals surface area contributed by atoms with Gasteiger partial charge in [-0.05, 0) is 5.56 Å². The van der Waals surface area contributed by atoms with E-state index in [1.807, 2.05) is 6.08 Å². The van der Waals surface area contributed by atoms with Crippen LogP contribution in [0.25, 0.3) is 6.08 Å². The summed E-state index contributed by atoms with van der Waals surface area (Å²) in [5.41, 5.74) is 2.74. The number of benzene rings is 1. The van der Waals surface area contributed by atoms with E-state index in [2.05, 4.69) is 37.9 Å². The molecule has 0 aromatic heterocycles.